The molecule has 0 spiro atoms. The highest BCUT2D eigenvalue weighted by Crippen LogP contribution is 2.35. The van der Waals surface area contributed by atoms with E-state index in [2.05, 4.69) is 16.7 Å². The SMILES string of the molecule is C=CCOc1ccccc1/C=c1\sc2nc([C@@H]3COc4ccccc4O3)nn2c1=O. The van der Waals surface area contributed by atoms with Gasteiger partial charge >= 0.3 is 0 Å². The van der Waals surface area contributed by atoms with Crippen LogP contribution in [0.25, 0.3) is 11.0 Å². The number of rotatable bonds is 5. The molecule has 0 N–H and O–H groups in total. The molecular formula is C22H17N3O4S. The molecule has 2 aromatic heterocycles. The third kappa shape index (κ3) is 3.31. The van der Waals surface area contributed by atoms with E-state index in [0.29, 0.717) is 39.2 Å². The molecule has 0 aliphatic carbocycles. The number of benzene rings is 2. The summed E-state index contributed by atoms with van der Waals surface area (Å²) in [6, 6.07) is 15.0. The molecule has 1 aliphatic heterocycles. The van der Waals surface area contributed by atoms with Crippen LogP contribution in [0.4, 0.5) is 0 Å². The molecule has 4 aromatic rings. The molecule has 0 unspecified atom stereocenters. The van der Waals surface area contributed by atoms with Crippen molar-refractivity contribution in [1.82, 2.24) is 14.6 Å². The summed E-state index contributed by atoms with van der Waals surface area (Å²) in [6.07, 6.45) is 3.00. The molecule has 3 heterocycles. The van der Waals surface area contributed by atoms with Crippen molar-refractivity contribution >= 4 is 22.4 Å². The van der Waals surface area contributed by atoms with Crippen molar-refractivity contribution in [1.29, 1.82) is 0 Å². The van der Waals surface area contributed by atoms with Crippen LogP contribution in [0.1, 0.15) is 17.5 Å². The van der Waals surface area contributed by atoms with Gasteiger partial charge in [-0.15, -0.1) is 5.10 Å². The minimum atomic E-state index is -0.466. The first-order chi connectivity index (χ1) is 14.7. The van der Waals surface area contributed by atoms with Gasteiger partial charge in [-0.1, -0.05) is 54.3 Å². The molecule has 1 aliphatic rings. The zero-order chi connectivity index (χ0) is 20.5. The highest BCUT2D eigenvalue weighted by atomic mass is 32.1. The fraction of sp³-hybridized carbons (Fsp3) is 0.136. The Morgan fingerprint density at radius 1 is 1.20 bits per heavy atom. The molecule has 1 atom stereocenters. The van der Waals surface area contributed by atoms with Crippen molar-refractivity contribution in [3.63, 3.8) is 0 Å². The van der Waals surface area contributed by atoms with E-state index in [1.165, 1.54) is 15.9 Å². The van der Waals surface area contributed by atoms with E-state index >= 15 is 0 Å². The van der Waals surface area contributed by atoms with E-state index in [-0.39, 0.29) is 12.2 Å². The molecular weight excluding hydrogens is 402 g/mol. The average molecular weight is 419 g/mol. The summed E-state index contributed by atoms with van der Waals surface area (Å²) in [4.78, 5) is 17.9. The van der Waals surface area contributed by atoms with E-state index in [1.807, 2.05) is 48.5 Å². The third-order valence-electron chi connectivity index (χ3n) is 4.56. The lowest BCUT2D eigenvalue weighted by Gasteiger charge is -2.24. The molecule has 0 fully saturated rings. The Labute approximate surface area is 175 Å². The van der Waals surface area contributed by atoms with Crippen molar-refractivity contribution in [2.24, 2.45) is 0 Å². The summed E-state index contributed by atoms with van der Waals surface area (Å²) >= 11 is 1.27. The molecule has 150 valence electrons. The first-order valence-corrected chi connectivity index (χ1v) is 10.2. The van der Waals surface area contributed by atoms with Gasteiger partial charge in [0.05, 0.1) is 4.53 Å². The standard InChI is InChI=1S/C22H17N3O4S/c1-2-11-27-15-8-4-3-7-14(15)12-19-21(26)25-22(30-19)23-20(24-25)18-13-28-16-9-5-6-10-17(16)29-18/h2-10,12,18H,1,11,13H2/b19-12-/t18-/m0/s1. The van der Waals surface area contributed by atoms with Gasteiger partial charge in [0.15, 0.2) is 23.4 Å². The monoisotopic (exact) mass is 419 g/mol. The Morgan fingerprint density at radius 2 is 2.00 bits per heavy atom. The molecule has 0 amide bonds. The van der Waals surface area contributed by atoms with Gasteiger partial charge in [0, 0.05) is 5.56 Å². The molecule has 0 saturated heterocycles. The Morgan fingerprint density at radius 3 is 2.83 bits per heavy atom. The lowest BCUT2D eigenvalue weighted by atomic mass is 10.2. The number of hydrogen-bond donors (Lipinski definition) is 0. The van der Waals surface area contributed by atoms with Crippen LogP contribution in [-0.4, -0.2) is 27.8 Å². The normalized spacial score (nSPS) is 16.0. The van der Waals surface area contributed by atoms with Crippen LogP contribution in [0.5, 0.6) is 17.2 Å². The predicted molar refractivity (Wildman–Crippen MR) is 113 cm³/mol. The Kier molecular flexibility index (Phi) is 4.68. The van der Waals surface area contributed by atoms with E-state index < -0.39 is 6.10 Å². The molecule has 30 heavy (non-hydrogen) atoms. The first-order valence-electron chi connectivity index (χ1n) is 9.35. The topological polar surface area (TPSA) is 74.9 Å². The van der Waals surface area contributed by atoms with Gasteiger partial charge in [-0.2, -0.15) is 9.50 Å². The van der Waals surface area contributed by atoms with E-state index in [4.69, 9.17) is 14.2 Å². The molecule has 8 heteroatoms. The summed E-state index contributed by atoms with van der Waals surface area (Å²) in [6.45, 7) is 4.34. The van der Waals surface area contributed by atoms with Crippen LogP contribution < -0.4 is 24.3 Å². The van der Waals surface area contributed by atoms with Crippen LogP contribution in [-0.2, 0) is 0 Å². The summed E-state index contributed by atoms with van der Waals surface area (Å²) in [5, 5.41) is 4.38. The van der Waals surface area contributed by atoms with Crippen molar-refractivity contribution in [3.8, 4) is 17.2 Å². The quantitative estimate of drug-likeness (QED) is 0.463. The first kappa shape index (κ1) is 18.4. The van der Waals surface area contributed by atoms with Crippen LogP contribution in [0.15, 0.2) is 66.0 Å². The second-order valence-electron chi connectivity index (χ2n) is 6.58. The van der Waals surface area contributed by atoms with Crippen LogP contribution in [0, 0.1) is 0 Å². The minimum Gasteiger partial charge on any atom is -0.489 e. The molecule has 0 radical (unpaired) electrons. The second kappa shape index (κ2) is 7.64. The fourth-order valence-corrected chi connectivity index (χ4v) is 4.06. The van der Waals surface area contributed by atoms with Crippen LogP contribution >= 0.6 is 11.3 Å². The number of hydrogen-bond acceptors (Lipinski definition) is 7. The Balaban J connectivity index is 1.48. The van der Waals surface area contributed by atoms with E-state index in [1.54, 1.807) is 12.2 Å². The number of fused-ring (bicyclic) bond motifs is 2. The molecule has 2 aromatic carbocycles. The highest BCUT2D eigenvalue weighted by molar-refractivity contribution is 7.15. The number of nitrogens with zero attached hydrogens (tertiary/aromatic N) is 3. The van der Waals surface area contributed by atoms with Gasteiger partial charge in [0.25, 0.3) is 5.56 Å². The van der Waals surface area contributed by atoms with E-state index in [9.17, 15) is 4.79 Å². The smallest absolute Gasteiger partial charge is 0.291 e. The largest absolute Gasteiger partial charge is 0.489 e. The van der Waals surface area contributed by atoms with Gasteiger partial charge in [-0.05, 0) is 24.3 Å². The lowest BCUT2D eigenvalue weighted by Crippen LogP contribution is -2.26. The van der Waals surface area contributed by atoms with Crippen LogP contribution in [0.2, 0.25) is 0 Å². The van der Waals surface area contributed by atoms with Gasteiger partial charge in [0.1, 0.15) is 19.0 Å². The van der Waals surface area contributed by atoms with Crippen molar-refractivity contribution in [2.75, 3.05) is 13.2 Å². The lowest BCUT2D eigenvalue weighted by molar-refractivity contribution is 0.0852. The number of thiazole rings is 1. The maximum atomic E-state index is 12.9. The summed E-state index contributed by atoms with van der Waals surface area (Å²) in [5.41, 5.74) is 0.575. The third-order valence-corrected chi connectivity index (χ3v) is 5.52. The predicted octanol–water partition coefficient (Wildman–Crippen LogP) is 2.78. The fourth-order valence-electron chi connectivity index (χ4n) is 3.15. The Bertz CT molecular complexity index is 1340. The van der Waals surface area contributed by atoms with Crippen molar-refractivity contribution in [3.05, 3.63) is 87.5 Å². The number of aromatic nitrogens is 3. The van der Waals surface area contributed by atoms with Gasteiger partial charge in [-0.3, -0.25) is 4.79 Å². The highest BCUT2D eigenvalue weighted by Gasteiger charge is 2.27. The van der Waals surface area contributed by atoms with Crippen molar-refractivity contribution < 1.29 is 14.2 Å². The summed E-state index contributed by atoms with van der Waals surface area (Å²) < 4.78 is 19.2. The number of para-hydroxylation sites is 3. The maximum absolute atomic E-state index is 12.9. The van der Waals surface area contributed by atoms with Gasteiger partial charge < -0.3 is 14.2 Å². The number of ether oxygens (including phenoxy) is 3. The van der Waals surface area contributed by atoms with E-state index in [0.717, 1.165) is 5.56 Å². The van der Waals surface area contributed by atoms with Crippen molar-refractivity contribution in [2.45, 2.75) is 6.10 Å². The summed E-state index contributed by atoms with van der Waals surface area (Å²) in [7, 11) is 0. The zero-order valence-electron chi connectivity index (χ0n) is 15.9. The second-order valence-corrected chi connectivity index (χ2v) is 7.59. The molecule has 7 nitrogen and oxygen atoms in total. The van der Waals surface area contributed by atoms with Crippen LogP contribution in [0.3, 0.4) is 0 Å². The van der Waals surface area contributed by atoms with Gasteiger partial charge in [0.2, 0.25) is 4.96 Å². The molecule has 0 bridgehead atoms. The maximum Gasteiger partial charge on any atom is 0.291 e. The zero-order valence-corrected chi connectivity index (χ0v) is 16.7. The summed E-state index contributed by atoms with van der Waals surface area (Å²) in [5.74, 6) is 2.44. The minimum absolute atomic E-state index is 0.232. The average Bonchev–Trinajstić information content (AvgIpc) is 3.32. The molecule has 0 saturated carbocycles. The van der Waals surface area contributed by atoms with Gasteiger partial charge in [-0.25, -0.2) is 0 Å². The molecule has 5 rings (SSSR count). The Hall–Kier alpha value is -3.65.